The van der Waals surface area contributed by atoms with Crippen molar-refractivity contribution in [1.82, 2.24) is 15.3 Å². The Morgan fingerprint density at radius 2 is 2.16 bits per heavy atom. The number of carbonyl (C=O) groups excluding carboxylic acids is 1. The summed E-state index contributed by atoms with van der Waals surface area (Å²) in [5, 5.41) is 4.19. The first kappa shape index (κ1) is 13.5. The molecule has 100 valence electrons. The highest BCUT2D eigenvalue weighted by molar-refractivity contribution is 7.12. The summed E-state index contributed by atoms with van der Waals surface area (Å²) in [5.74, 6) is -0.448. The van der Waals surface area contributed by atoms with E-state index in [0.29, 0.717) is 4.88 Å². The highest BCUT2D eigenvalue weighted by atomic mass is 32.1. The van der Waals surface area contributed by atoms with E-state index in [1.165, 1.54) is 11.3 Å². The smallest absolute Gasteiger partial charge is 0.344 e. The van der Waals surface area contributed by atoms with Crippen LogP contribution >= 0.6 is 11.3 Å². The van der Waals surface area contributed by atoms with Gasteiger partial charge in [-0.05, 0) is 17.5 Å². The van der Waals surface area contributed by atoms with Crippen LogP contribution in [0.5, 0.6) is 0 Å². The predicted molar refractivity (Wildman–Crippen MR) is 62.5 cm³/mol. The summed E-state index contributed by atoms with van der Waals surface area (Å²) in [6.07, 6.45) is -3.50. The molecule has 8 heteroatoms. The second-order valence-electron chi connectivity index (χ2n) is 3.52. The zero-order chi connectivity index (χ0) is 13.9. The van der Waals surface area contributed by atoms with Gasteiger partial charge in [-0.3, -0.25) is 4.79 Å². The molecule has 19 heavy (non-hydrogen) atoms. The van der Waals surface area contributed by atoms with Crippen LogP contribution < -0.4 is 5.32 Å². The predicted octanol–water partition coefficient (Wildman–Crippen LogP) is 2.49. The van der Waals surface area contributed by atoms with Gasteiger partial charge in [0, 0.05) is 6.20 Å². The maximum absolute atomic E-state index is 12.4. The van der Waals surface area contributed by atoms with E-state index in [9.17, 15) is 18.0 Å². The third-order valence-electron chi connectivity index (χ3n) is 2.15. The number of aromatic nitrogens is 2. The SMILES string of the molecule is O=C(NCc1nccc(C(F)(F)F)n1)c1cccs1. The van der Waals surface area contributed by atoms with E-state index < -0.39 is 11.9 Å². The largest absolute Gasteiger partial charge is 0.433 e. The van der Waals surface area contributed by atoms with Gasteiger partial charge in [0.05, 0.1) is 11.4 Å². The summed E-state index contributed by atoms with van der Waals surface area (Å²) >= 11 is 1.24. The van der Waals surface area contributed by atoms with Gasteiger partial charge in [-0.2, -0.15) is 13.2 Å². The molecule has 0 aliphatic rings. The molecule has 0 spiro atoms. The number of amides is 1. The number of hydrogen-bond acceptors (Lipinski definition) is 4. The van der Waals surface area contributed by atoms with Crippen molar-refractivity contribution in [3.8, 4) is 0 Å². The average Bonchev–Trinajstić information content (AvgIpc) is 2.89. The van der Waals surface area contributed by atoms with Gasteiger partial charge in [0.2, 0.25) is 0 Å². The van der Waals surface area contributed by atoms with E-state index >= 15 is 0 Å². The fourth-order valence-electron chi connectivity index (χ4n) is 1.30. The molecule has 2 heterocycles. The van der Waals surface area contributed by atoms with Gasteiger partial charge in [0.15, 0.2) is 0 Å². The third kappa shape index (κ3) is 3.50. The molecule has 0 aliphatic heterocycles. The van der Waals surface area contributed by atoms with Crippen molar-refractivity contribution in [3.05, 3.63) is 46.2 Å². The second kappa shape index (κ2) is 5.35. The summed E-state index contributed by atoms with van der Waals surface area (Å²) in [7, 11) is 0. The highest BCUT2D eigenvalue weighted by Gasteiger charge is 2.32. The van der Waals surface area contributed by atoms with Gasteiger partial charge >= 0.3 is 6.18 Å². The van der Waals surface area contributed by atoms with Crippen LogP contribution in [0.25, 0.3) is 0 Å². The number of rotatable bonds is 3. The van der Waals surface area contributed by atoms with E-state index in [2.05, 4.69) is 15.3 Å². The van der Waals surface area contributed by atoms with E-state index in [1.807, 2.05) is 0 Å². The standard InChI is InChI=1S/C11H8F3N3OS/c12-11(13,14)8-3-4-15-9(17-8)6-16-10(18)7-2-1-5-19-7/h1-5H,6H2,(H,16,18). The Hall–Kier alpha value is -1.96. The number of nitrogens with zero attached hydrogens (tertiary/aromatic N) is 2. The van der Waals surface area contributed by atoms with Gasteiger partial charge in [-0.15, -0.1) is 11.3 Å². The normalized spacial score (nSPS) is 11.3. The lowest BCUT2D eigenvalue weighted by atomic mass is 10.4. The summed E-state index contributed by atoms with van der Waals surface area (Å²) < 4.78 is 37.2. The van der Waals surface area contributed by atoms with Crippen molar-refractivity contribution < 1.29 is 18.0 Å². The van der Waals surface area contributed by atoms with Crippen LogP contribution in [0.15, 0.2) is 29.8 Å². The van der Waals surface area contributed by atoms with Crippen molar-refractivity contribution >= 4 is 17.2 Å². The highest BCUT2D eigenvalue weighted by Crippen LogP contribution is 2.26. The van der Waals surface area contributed by atoms with Gasteiger partial charge < -0.3 is 5.32 Å². The molecular formula is C11H8F3N3OS. The molecule has 1 N–H and O–H groups in total. The zero-order valence-corrected chi connectivity index (χ0v) is 10.3. The molecule has 2 aromatic rings. The number of carbonyl (C=O) groups is 1. The van der Waals surface area contributed by atoms with Crippen LogP contribution in [-0.4, -0.2) is 15.9 Å². The van der Waals surface area contributed by atoms with Gasteiger partial charge in [0.1, 0.15) is 11.5 Å². The Kier molecular flexibility index (Phi) is 3.79. The maximum atomic E-state index is 12.4. The molecule has 2 aromatic heterocycles. The van der Waals surface area contributed by atoms with Crippen LogP contribution in [-0.2, 0) is 12.7 Å². The summed E-state index contributed by atoms with van der Waals surface area (Å²) in [4.78, 5) is 19.1. The third-order valence-corrected chi connectivity index (χ3v) is 3.02. The van der Waals surface area contributed by atoms with Crippen molar-refractivity contribution in [2.24, 2.45) is 0 Å². The van der Waals surface area contributed by atoms with Gasteiger partial charge in [-0.1, -0.05) is 6.07 Å². The molecule has 0 atom stereocenters. The maximum Gasteiger partial charge on any atom is 0.433 e. The van der Waals surface area contributed by atoms with Crippen LogP contribution in [0, 0.1) is 0 Å². The zero-order valence-electron chi connectivity index (χ0n) is 9.44. The fourth-order valence-corrected chi connectivity index (χ4v) is 1.94. The molecule has 0 unspecified atom stereocenters. The van der Waals surface area contributed by atoms with Crippen molar-refractivity contribution in [2.45, 2.75) is 12.7 Å². The first-order valence-electron chi connectivity index (χ1n) is 5.17. The van der Waals surface area contributed by atoms with Crippen LogP contribution in [0.3, 0.4) is 0 Å². The first-order chi connectivity index (χ1) is 8.97. The molecule has 0 radical (unpaired) electrons. The van der Waals surface area contributed by atoms with Crippen LogP contribution in [0.4, 0.5) is 13.2 Å². The summed E-state index contributed by atoms with van der Waals surface area (Å²) in [5.41, 5.74) is -1.03. The number of hydrogen-bond donors (Lipinski definition) is 1. The van der Waals surface area contributed by atoms with Crippen molar-refractivity contribution in [2.75, 3.05) is 0 Å². The van der Waals surface area contributed by atoms with Gasteiger partial charge in [0.25, 0.3) is 5.91 Å². The Balaban J connectivity index is 2.02. The lowest BCUT2D eigenvalue weighted by Crippen LogP contribution is -2.23. The van der Waals surface area contributed by atoms with E-state index in [0.717, 1.165) is 12.3 Å². The Morgan fingerprint density at radius 3 is 2.79 bits per heavy atom. The minimum Gasteiger partial charge on any atom is -0.344 e. The topological polar surface area (TPSA) is 54.9 Å². The molecule has 0 saturated heterocycles. The van der Waals surface area contributed by atoms with Crippen LogP contribution in [0.2, 0.25) is 0 Å². The number of halogens is 3. The Morgan fingerprint density at radius 1 is 1.37 bits per heavy atom. The summed E-state index contributed by atoms with van der Waals surface area (Å²) in [6.45, 7) is -0.152. The molecule has 0 aliphatic carbocycles. The number of nitrogens with one attached hydrogen (secondary N) is 1. The molecular weight excluding hydrogens is 279 g/mol. The van der Waals surface area contributed by atoms with Gasteiger partial charge in [-0.25, -0.2) is 9.97 Å². The second-order valence-corrected chi connectivity index (χ2v) is 4.46. The molecule has 0 saturated carbocycles. The van der Waals surface area contributed by atoms with Crippen LogP contribution in [0.1, 0.15) is 21.2 Å². The quantitative estimate of drug-likeness (QED) is 0.943. The monoisotopic (exact) mass is 287 g/mol. The van der Waals surface area contributed by atoms with E-state index in [4.69, 9.17) is 0 Å². The minimum atomic E-state index is -4.52. The fraction of sp³-hybridized carbons (Fsp3) is 0.182. The molecule has 1 amide bonds. The molecule has 0 fully saturated rings. The average molecular weight is 287 g/mol. The minimum absolute atomic E-state index is 0.0836. The Labute approximate surface area is 110 Å². The Bertz CT molecular complexity index is 569. The van der Waals surface area contributed by atoms with Crippen molar-refractivity contribution in [3.63, 3.8) is 0 Å². The number of thiophene rings is 1. The van der Waals surface area contributed by atoms with E-state index in [1.54, 1.807) is 17.5 Å². The van der Waals surface area contributed by atoms with Crippen molar-refractivity contribution in [1.29, 1.82) is 0 Å². The lowest BCUT2D eigenvalue weighted by molar-refractivity contribution is -0.141. The summed E-state index contributed by atoms with van der Waals surface area (Å²) in [6, 6.07) is 4.11. The number of alkyl halides is 3. The molecule has 2 rings (SSSR count). The lowest BCUT2D eigenvalue weighted by Gasteiger charge is -2.07. The molecule has 0 bridgehead atoms. The first-order valence-corrected chi connectivity index (χ1v) is 6.05. The molecule has 4 nitrogen and oxygen atoms in total. The van der Waals surface area contributed by atoms with E-state index in [-0.39, 0.29) is 18.3 Å². The molecule has 0 aromatic carbocycles.